The summed E-state index contributed by atoms with van der Waals surface area (Å²) in [5.41, 5.74) is 0.0770. The Balaban J connectivity index is 2.35. The summed E-state index contributed by atoms with van der Waals surface area (Å²) in [5.74, 6) is -2.93. The lowest BCUT2D eigenvalue weighted by atomic mass is 9.76. The van der Waals surface area contributed by atoms with Gasteiger partial charge in [0.2, 0.25) is 0 Å². The van der Waals surface area contributed by atoms with E-state index >= 15 is 0 Å². The Morgan fingerprint density at radius 3 is 1.15 bits per heavy atom. The molecule has 2 saturated carbocycles. The van der Waals surface area contributed by atoms with E-state index in [2.05, 4.69) is 0 Å². The van der Waals surface area contributed by atoms with Gasteiger partial charge in [-0.3, -0.25) is 0 Å². The Labute approximate surface area is 119 Å². The standard InChI is InChI=1S/C16H24O4/c17-15(18)13(11-7-3-1-4-8-11)14(16(19)20)12-9-5-2-6-10-12/h11-12H,1-10H2,(H,17,18)(H,19,20)/p-2/b14-13-. The Kier molecular flexibility index (Phi) is 5.21. The fraction of sp³-hybridized carbons (Fsp3) is 0.750. The summed E-state index contributed by atoms with van der Waals surface area (Å²) in [6.45, 7) is 0. The molecule has 0 unspecified atom stereocenters. The minimum absolute atomic E-state index is 0.0385. The van der Waals surface area contributed by atoms with Gasteiger partial charge in [-0.1, -0.05) is 38.5 Å². The molecule has 20 heavy (non-hydrogen) atoms. The zero-order valence-electron chi connectivity index (χ0n) is 11.9. The average molecular weight is 278 g/mol. The number of hydrogen-bond donors (Lipinski definition) is 0. The Hall–Kier alpha value is -1.32. The molecule has 0 radical (unpaired) electrons. The van der Waals surface area contributed by atoms with Gasteiger partial charge in [0.05, 0.1) is 11.9 Å². The van der Waals surface area contributed by atoms with Gasteiger partial charge < -0.3 is 19.8 Å². The van der Waals surface area contributed by atoms with Crippen molar-refractivity contribution in [2.75, 3.05) is 0 Å². The third-order valence-electron chi connectivity index (χ3n) is 4.76. The van der Waals surface area contributed by atoms with Crippen molar-refractivity contribution in [2.45, 2.75) is 64.2 Å². The van der Waals surface area contributed by atoms with Crippen molar-refractivity contribution >= 4 is 11.9 Å². The van der Waals surface area contributed by atoms with Crippen LogP contribution in [0.3, 0.4) is 0 Å². The number of carboxylic acid groups (broad SMARTS) is 2. The van der Waals surface area contributed by atoms with Gasteiger partial charge in [0.15, 0.2) is 0 Å². The zero-order chi connectivity index (χ0) is 14.5. The first kappa shape index (κ1) is 15.1. The number of aliphatic carboxylic acids is 2. The number of carboxylic acids is 2. The first-order valence-electron chi connectivity index (χ1n) is 7.78. The van der Waals surface area contributed by atoms with Crippen LogP contribution in [0, 0.1) is 11.8 Å². The van der Waals surface area contributed by atoms with Gasteiger partial charge in [0.1, 0.15) is 0 Å². The van der Waals surface area contributed by atoms with Crippen molar-refractivity contribution < 1.29 is 19.8 Å². The molecule has 0 spiro atoms. The maximum absolute atomic E-state index is 11.5. The summed E-state index contributed by atoms with van der Waals surface area (Å²) < 4.78 is 0. The molecule has 112 valence electrons. The van der Waals surface area contributed by atoms with Crippen molar-refractivity contribution in [1.29, 1.82) is 0 Å². The molecule has 2 aliphatic carbocycles. The largest absolute Gasteiger partial charge is 0.545 e. The summed E-state index contributed by atoms with van der Waals surface area (Å²) in [6, 6.07) is 0. The van der Waals surface area contributed by atoms with Crippen LogP contribution in [-0.4, -0.2) is 11.9 Å². The lowest BCUT2D eigenvalue weighted by Gasteiger charge is -2.33. The predicted molar refractivity (Wildman–Crippen MR) is 70.2 cm³/mol. The maximum Gasteiger partial charge on any atom is 0.0681 e. The first-order valence-corrected chi connectivity index (χ1v) is 7.78. The lowest BCUT2D eigenvalue weighted by molar-refractivity contribution is -0.305. The molecule has 0 heterocycles. The quantitative estimate of drug-likeness (QED) is 0.717. The second-order valence-corrected chi connectivity index (χ2v) is 6.07. The number of carbonyl (C=O) groups excluding carboxylic acids is 2. The van der Waals surface area contributed by atoms with E-state index in [-0.39, 0.29) is 23.0 Å². The van der Waals surface area contributed by atoms with Gasteiger partial charge >= 0.3 is 0 Å². The first-order chi connectivity index (χ1) is 9.61. The number of rotatable bonds is 4. The van der Waals surface area contributed by atoms with Gasteiger partial charge in [-0.2, -0.15) is 0 Å². The summed E-state index contributed by atoms with van der Waals surface area (Å²) in [7, 11) is 0. The smallest absolute Gasteiger partial charge is 0.0681 e. The van der Waals surface area contributed by atoms with E-state index in [0.717, 1.165) is 64.2 Å². The summed E-state index contributed by atoms with van der Waals surface area (Å²) >= 11 is 0. The molecule has 4 heteroatoms. The van der Waals surface area contributed by atoms with Crippen LogP contribution in [0.15, 0.2) is 11.1 Å². The van der Waals surface area contributed by atoms with Crippen molar-refractivity contribution in [3.63, 3.8) is 0 Å². The fourth-order valence-electron chi connectivity index (χ4n) is 3.78. The number of hydrogen-bond acceptors (Lipinski definition) is 4. The molecule has 0 amide bonds. The fourth-order valence-corrected chi connectivity index (χ4v) is 3.78. The van der Waals surface area contributed by atoms with Crippen LogP contribution >= 0.6 is 0 Å². The van der Waals surface area contributed by atoms with E-state index in [4.69, 9.17) is 0 Å². The van der Waals surface area contributed by atoms with Crippen molar-refractivity contribution in [3.05, 3.63) is 11.1 Å². The van der Waals surface area contributed by atoms with Gasteiger partial charge in [-0.25, -0.2) is 0 Å². The van der Waals surface area contributed by atoms with Crippen LogP contribution in [0.25, 0.3) is 0 Å². The van der Waals surface area contributed by atoms with E-state index in [1.807, 2.05) is 0 Å². The Bertz CT molecular complexity index is 361. The molecule has 0 aliphatic heterocycles. The van der Waals surface area contributed by atoms with E-state index < -0.39 is 11.9 Å². The molecule has 0 N–H and O–H groups in total. The van der Waals surface area contributed by atoms with E-state index in [1.54, 1.807) is 0 Å². The monoisotopic (exact) mass is 278 g/mol. The van der Waals surface area contributed by atoms with Crippen molar-refractivity contribution in [1.82, 2.24) is 0 Å². The van der Waals surface area contributed by atoms with Gasteiger partial charge in [-0.15, -0.1) is 0 Å². The highest BCUT2D eigenvalue weighted by Crippen LogP contribution is 2.37. The second-order valence-electron chi connectivity index (χ2n) is 6.07. The molecule has 0 aromatic rings. The summed E-state index contributed by atoms with van der Waals surface area (Å²) in [4.78, 5) is 23.1. The highest BCUT2D eigenvalue weighted by molar-refractivity contribution is 5.97. The van der Waals surface area contributed by atoms with Crippen LogP contribution in [0.5, 0.6) is 0 Å². The van der Waals surface area contributed by atoms with Crippen LogP contribution < -0.4 is 10.2 Å². The van der Waals surface area contributed by atoms with E-state index in [9.17, 15) is 19.8 Å². The van der Waals surface area contributed by atoms with Gasteiger partial charge in [0.25, 0.3) is 0 Å². The highest BCUT2D eigenvalue weighted by Gasteiger charge is 2.27. The average Bonchev–Trinajstić information content (AvgIpc) is 2.45. The van der Waals surface area contributed by atoms with Gasteiger partial charge in [-0.05, 0) is 48.7 Å². The molecule has 0 bridgehead atoms. The molecule has 0 aromatic heterocycles. The van der Waals surface area contributed by atoms with Crippen molar-refractivity contribution in [3.8, 4) is 0 Å². The van der Waals surface area contributed by atoms with Crippen molar-refractivity contribution in [2.24, 2.45) is 11.8 Å². The van der Waals surface area contributed by atoms with Gasteiger partial charge in [0, 0.05) is 0 Å². The van der Waals surface area contributed by atoms with Crippen LogP contribution in [-0.2, 0) is 9.59 Å². The number of carbonyl (C=O) groups is 2. The predicted octanol–water partition coefficient (Wildman–Crippen LogP) is 0.943. The zero-order valence-corrected chi connectivity index (χ0v) is 11.9. The van der Waals surface area contributed by atoms with Crippen LogP contribution in [0.1, 0.15) is 64.2 Å². The molecule has 0 saturated heterocycles. The molecular weight excluding hydrogens is 256 g/mol. The molecule has 2 aliphatic rings. The Morgan fingerprint density at radius 1 is 0.600 bits per heavy atom. The normalized spacial score (nSPS) is 23.2. The van der Waals surface area contributed by atoms with Crippen LogP contribution in [0.2, 0.25) is 0 Å². The van der Waals surface area contributed by atoms with Crippen LogP contribution in [0.4, 0.5) is 0 Å². The SMILES string of the molecule is O=C([O-])/C(=C(\C(=O)[O-])C1CCCCC1)C1CCCCC1. The highest BCUT2D eigenvalue weighted by atomic mass is 16.4. The van der Waals surface area contributed by atoms with E-state index in [0.29, 0.717) is 0 Å². The lowest BCUT2D eigenvalue weighted by Crippen LogP contribution is -2.38. The third kappa shape index (κ3) is 3.41. The minimum atomic E-state index is -1.30. The Morgan fingerprint density at radius 2 is 0.900 bits per heavy atom. The topological polar surface area (TPSA) is 80.3 Å². The summed E-state index contributed by atoms with van der Waals surface area (Å²) in [5, 5.41) is 23.1. The summed E-state index contributed by atoms with van der Waals surface area (Å²) in [6.07, 6.45) is 9.08. The molecule has 0 atom stereocenters. The third-order valence-corrected chi connectivity index (χ3v) is 4.76. The molecule has 2 fully saturated rings. The maximum atomic E-state index is 11.5. The molecular formula is C16H22O4-2. The molecule has 4 nitrogen and oxygen atoms in total. The minimum Gasteiger partial charge on any atom is -0.545 e. The molecule has 2 rings (SSSR count). The second kappa shape index (κ2) is 6.91. The molecule has 0 aromatic carbocycles. The van der Waals surface area contributed by atoms with E-state index in [1.165, 1.54) is 0 Å².